The monoisotopic (exact) mass is 363 g/mol. The average Bonchev–Trinajstić information content (AvgIpc) is 3.28. The predicted molar refractivity (Wildman–Crippen MR) is 102 cm³/mol. The van der Waals surface area contributed by atoms with Crippen molar-refractivity contribution in [2.24, 2.45) is 0 Å². The molecule has 1 fully saturated rings. The number of hydrogen-bond acceptors (Lipinski definition) is 2. The number of amides is 1. The normalized spacial score (nSPS) is 15.9. The van der Waals surface area contributed by atoms with Gasteiger partial charge in [0.2, 0.25) is 5.91 Å². The third-order valence-corrected chi connectivity index (χ3v) is 5.82. The summed E-state index contributed by atoms with van der Waals surface area (Å²) in [7, 11) is 0. The molecule has 3 nitrogen and oxygen atoms in total. The number of nitrogens with zero attached hydrogens (tertiary/aromatic N) is 1. The van der Waals surface area contributed by atoms with Gasteiger partial charge in [0.25, 0.3) is 0 Å². The SMILES string of the molecule is O=C(Cc1coc2cc3c(cc12)CCC3)N(Cc1ccccc1F)C1CC1. The van der Waals surface area contributed by atoms with Crippen LogP contribution in [0.4, 0.5) is 4.39 Å². The summed E-state index contributed by atoms with van der Waals surface area (Å²) in [6.45, 7) is 0.335. The molecule has 0 N–H and O–H groups in total. The van der Waals surface area contributed by atoms with Gasteiger partial charge < -0.3 is 9.32 Å². The van der Waals surface area contributed by atoms with Crippen LogP contribution in [0.3, 0.4) is 0 Å². The van der Waals surface area contributed by atoms with Crippen LogP contribution in [0.15, 0.2) is 47.1 Å². The molecule has 0 spiro atoms. The van der Waals surface area contributed by atoms with Gasteiger partial charge in [-0.25, -0.2) is 4.39 Å². The summed E-state index contributed by atoms with van der Waals surface area (Å²) in [6, 6.07) is 11.3. The minimum atomic E-state index is -0.250. The summed E-state index contributed by atoms with van der Waals surface area (Å²) in [5, 5.41) is 1.05. The number of fused-ring (bicyclic) bond motifs is 2. The molecule has 3 aromatic rings. The van der Waals surface area contributed by atoms with Gasteiger partial charge in [0.15, 0.2) is 0 Å². The van der Waals surface area contributed by atoms with E-state index in [9.17, 15) is 9.18 Å². The van der Waals surface area contributed by atoms with Crippen LogP contribution in [0.5, 0.6) is 0 Å². The summed E-state index contributed by atoms with van der Waals surface area (Å²) in [6.07, 6.45) is 7.42. The number of hydrogen-bond donors (Lipinski definition) is 0. The molecule has 0 aliphatic heterocycles. The third-order valence-electron chi connectivity index (χ3n) is 5.82. The van der Waals surface area contributed by atoms with Gasteiger partial charge in [-0.2, -0.15) is 0 Å². The number of halogens is 1. The highest BCUT2D eigenvalue weighted by Crippen LogP contribution is 2.33. The Kier molecular flexibility index (Phi) is 4.00. The maximum Gasteiger partial charge on any atom is 0.227 e. The molecule has 4 heteroatoms. The zero-order valence-electron chi connectivity index (χ0n) is 15.2. The Morgan fingerprint density at radius 1 is 1.11 bits per heavy atom. The molecular weight excluding hydrogens is 341 g/mol. The zero-order chi connectivity index (χ0) is 18.4. The highest BCUT2D eigenvalue weighted by atomic mass is 19.1. The smallest absolute Gasteiger partial charge is 0.227 e. The lowest BCUT2D eigenvalue weighted by atomic mass is 10.0. The fourth-order valence-corrected chi connectivity index (χ4v) is 4.17. The maximum absolute atomic E-state index is 14.1. The van der Waals surface area contributed by atoms with E-state index in [2.05, 4.69) is 12.1 Å². The van der Waals surface area contributed by atoms with E-state index in [-0.39, 0.29) is 17.8 Å². The second kappa shape index (κ2) is 6.52. The lowest BCUT2D eigenvalue weighted by molar-refractivity contribution is -0.131. The summed E-state index contributed by atoms with van der Waals surface area (Å²) >= 11 is 0. The Balaban J connectivity index is 1.40. The molecule has 5 rings (SSSR count). The van der Waals surface area contributed by atoms with E-state index < -0.39 is 0 Å². The molecule has 1 amide bonds. The van der Waals surface area contributed by atoms with Crippen molar-refractivity contribution in [2.45, 2.75) is 51.1 Å². The van der Waals surface area contributed by atoms with Gasteiger partial charge in [-0.1, -0.05) is 18.2 Å². The van der Waals surface area contributed by atoms with E-state index in [0.717, 1.165) is 42.2 Å². The largest absolute Gasteiger partial charge is 0.464 e. The Labute approximate surface area is 157 Å². The van der Waals surface area contributed by atoms with Gasteiger partial charge in [-0.05, 0) is 61.4 Å². The molecule has 0 unspecified atom stereocenters. The van der Waals surface area contributed by atoms with Gasteiger partial charge in [0.05, 0.1) is 12.7 Å². The number of carbonyl (C=O) groups is 1. The number of furan rings is 1. The summed E-state index contributed by atoms with van der Waals surface area (Å²) in [4.78, 5) is 14.9. The van der Waals surface area contributed by atoms with Gasteiger partial charge in [0.1, 0.15) is 11.4 Å². The molecule has 1 heterocycles. The predicted octanol–water partition coefficient (Wildman–Crippen LogP) is 4.79. The highest BCUT2D eigenvalue weighted by molar-refractivity contribution is 5.89. The van der Waals surface area contributed by atoms with E-state index in [1.807, 2.05) is 11.0 Å². The van der Waals surface area contributed by atoms with E-state index >= 15 is 0 Å². The van der Waals surface area contributed by atoms with Crippen molar-refractivity contribution >= 4 is 16.9 Å². The van der Waals surface area contributed by atoms with Crippen LogP contribution in [0.2, 0.25) is 0 Å². The Morgan fingerprint density at radius 2 is 1.89 bits per heavy atom. The second-order valence-electron chi connectivity index (χ2n) is 7.75. The minimum Gasteiger partial charge on any atom is -0.464 e. The quantitative estimate of drug-likeness (QED) is 0.653. The van der Waals surface area contributed by atoms with E-state index in [4.69, 9.17) is 4.42 Å². The first-order chi connectivity index (χ1) is 13.2. The first-order valence-corrected chi connectivity index (χ1v) is 9.74. The maximum atomic E-state index is 14.1. The molecule has 2 aliphatic rings. The van der Waals surface area contributed by atoms with E-state index in [1.54, 1.807) is 18.4 Å². The van der Waals surface area contributed by atoms with Crippen LogP contribution in [0.25, 0.3) is 11.0 Å². The number of benzene rings is 2. The Morgan fingerprint density at radius 3 is 2.67 bits per heavy atom. The van der Waals surface area contributed by atoms with Crippen molar-refractivity contribution in [3.63, 3.8) is 0 Å². The average molecular weight is 363 g/mol. The number of carbonyl (C=O) groups excluding carboxylic acids is 1. The fraction of sp³-hybridized carbons (Fsp3) is 0.348. The molecular formula is C23H22FNO2. The molecule has 0 radical (unpaired) electrons. The van der Waals surface area contributed by atoms with Gasteiger partial charge in [0, 0.05) is 29.1 Å². The topological polar surface area (TPSA) is 33.5 Å². The summed E-state index contributed by atoms with van der Waals surface area (Å²) < 4.78 is 19.8. The Bertz CT molecular complexity index is 1020. The first kappa shape index (κ1) is 16.5. The fourth-order valence-electron chi connectivity index (χ4n) is 4.17. The molecule has 0 atom stereocenters. The van der Waals surface area contributed by atoms with E-state index in [0.29, 0.717) is 18.5 Å². The van der Waals surface area contributed by atoms with Crippen molar-refractivity contribution in [2.75, 3.05) is 0 Å². The lowest BCUT2D eigenvalue weighted by Gasteiger charge is -2.22. The van der Waals surface area contributed by atoms with Crippen molar-refractivity contribution in [1.82, 2.24) is 4.90 Å². The van der Waals surface area contributed by atoms with Crippen LogP contribution in [0, 0.1) is 5.82 Å². The highest BCUT2D eigenvalue weighted by Gasteiger charge is 2.33. The van der Waals surface area contributed by atoms with Crippen LogP contribution in [-0.4, -0.2) is 16.8 Å². The Hall–Kier alpha value is -2.62. The number of aryl methyl sites for hydroxylation is 2. The second-order valence-corrected chi connectivity index (χ2v) is 7.75. The van der Waals surface area contributed by atoms with Gasteiger partial charge in [-0.3, -0.25) is 4.79 Å². The minimum absolute atomic E-state index is 0.0453. The first-order valence-electron chi connectivity index (χ1n) is 9.74. The molecule has 0 saturated heterocycles. The lowest BCUT2D eigenvalue weighted by Crippen LogP contribution is -2.34. The zero-order valence-corrected chi connectivity index (χ0v) is 15.2. The van der Waals surface area contributed by atoms with Crippen LogP contribution >= 0.6 is 0 Å². The van der Waals surface area contributed by atoms with Crippen molar-refractivity contribution in [3.05, 3.63) is 70.7 Å². The van der Waals surface area contributed by atoms with Crippen molar-refractivity contribution < 1.29 is 13.6 Å². The summed E-state index contributed by atoms with van der Waals surface area (Å²) in [5.74, 6) is -0.204. The van der Waals surface area contributed by atoms with E-state index in [1.165, 1.54) is 23.6 Å². The molecule has 2 aliphatic carbocycles. The molecule has 27 heavy (non-hydrogen) atoms. The standard InChI is InChI=1S/C23H22FNO2/c24-21-7-2-1-4-17(21)13-25(19-8-9-19)23(26)12-18-14-27-22-11-16-6-3-5-15(16)10-20(18)22/h1-2,4,7,10-11,14,19H,3,5-6,8-9,12-13H2. The van der Waals surface area contributed by atoms with Crippen LogP contribution in [-0.2, 0) is 30.6 Å². The molecule has 138 valence electrons. The van der Waals surface area contributed by atoms with Crippen molar-refractivity contribution in [3.8, 4) is 0 Å². The molecule has 2 aromatic carbocycles. The molecule has 0 bridgehead atoms. The van der Waals surface area contributed by atoms with Gasteiger partial charge in [-0.15, -0.1) is 0 Å². The number of rotatable bonds is 5. The van der Waals surface area contributed by atoms with Crippen molar-refractivity contribution in [1.29, 1.82) is 0 Å². The molecule has 1 saturated carbocycles. The third kappa shape index (κ3) is 3.14. The van der Waals surface area contributed by atoms with Gasteiger partial charge >= 0.3 is 0 Å². The van der Waals surface area contributed by atoms with Crippen LogP contribution < -0.4 is 0 Å². The van der Waals surface area contributed by atoms with Crippen LogP contribution in [0.1, 0.15) is 41.5 Å². The molecule has 1 aromatic heterocycles. The summed E-state index contributed by atoms with van der Waals surface area (Å²) in [5.41, 5.74) is 5.12.